The van der Waals surface area contributed by atoms with Gasteiger partial charge < -0.3 is 15.0 Å². The molecule has 1 aliphatic heterocycles. The maximum Gasteiger partial charge on any atom is 0.311 e. The zero-order valence-electron chi connectivity index (χ0n) is 14.6. The van der Waals surface area contributed by atoms with Gasteiger partial charge in [0, 0.05) is 37.0 Å². The van der Waals surface area contributed by atoms with E-state index in [2.05, 4.69) is 5.32 Å². The van der Waals surface area contributed by atoms with Crippen LogP contribution in [-0.2, 0) is 6.54 Å². The monoisotopic (exact) mass is 359 g/mol. The SMILES string of the molecule is COc1cc(N2CC[C@H](NCc3ccccc3)[C@H](F)C2)ccc1[N+](=O)[O-]. The van der Waals surface area contributed by atoms with E-state index in [1.165, 1.54) is 13.2 Å². The number of halogens is 1. The van der Waals surface area contributed by atoms with Gasteiger partial charge in [-0.25, -0.2) is 4.39 Å². The number of benzene rings is 2. The molecule has 0 aliphatic carbocycles. The van der Waals surface area contributed by atoms with Gasteiger partial charge in [0.15, 0.2) is 5.75 Å². The van der Waals surface area contributed by atoms with Crippen LogP contribution < -0.4 is 15.0 Å². The number of hydrogen-bond acceptors (Lipinski definition) is 5. The zero-order chi connectivity index (χ0) is 18.5. The molecule has 0 radical (unpaired) electrons. The normalized spacial score (nSPS) is 20.0. The summed E-state index contributed by atoms with van der Waals surface area (Å²) < 4.78 is 19.7. The number of nitrogens with one attached hydrogen (secondary N) is 1. The molecule has 2 atom stereocenters. The van der Waals surface area contributed by atoms with Crippen LogP contribution >= 0.6 is 0 Å². The summed E-state index contributed by atoms with van der Waals surface area (Å²) in [6, 6.07) is 14.4. The Morgan fingerprint density at radius 1 is 1.31 bits per heavy atom. The van der Waals surface area contributed by atoms with Crippen LogP contribution in [0.5, 0.6) is 5.75 Å². The summed E-state index contributed by atoms with van der Waals surface area (Å²) in [6.07, 6.45) is -0.360. The maximum atomic E-state index is 14.6. The lowest BCUT2D eigenvalue weighted by atomic mass is 10.0. The maximum absolute atomic E-state index is 14.6. The lowest BCUT2D eigenvalue weighted by molar-refractivity contribution is -0.385. The first-order valence-electron chi connectivity index (χ1n) is 8.57. The number of methoxy groups -OCH3 is 1. The molecule has 0 amide bonds. The molecule has 2 aromatic carbocycles. The highest BCUT2D eigenvalue weighted by Crippen LogP contribution is 2.32. The number of anilines is 1. The van der Waals surface area contributed by atoms with E-state index in [-0.39, 0.29) is 24.0 Å². The number of nitro groups is 1. The van der Waals surface area contributed by atoms with E-state index < -0.39 is 11.1 Å². The fourth-order valence-corrected chi connectivity index (χ4v) is 3.23. The van der Waals surface area contributed by atoms with Crippen molar-refractivity contribution in [2.24, 2.45) is 0 Å². The Morgan fingerprint density at radius 3 is 2.73 bits per heavy atom. The molecule has 0 saturated carbocycles. The van der Waals surface area contributed by atoms with Crippen molar-refractivity contribution >= 4 is 11.4 Å². The molecular weight excluding hydrogens is 337 g/mol. The summed E-state index contributed by atoms with van der Waals surface area (Å²) in [6.45, 7) is 1.55. The van der Waals surface area contributed by atoms with Crippen LogP contribution in [-0.4, -0.2) is 37.3 Å². The molecule has 2 aromatic rings. The molecule has 1 aliphatic rings. The van der Waals surface area contributed by atoms with Crippen LogP contribution in [0.1, 0.15) is 12.0 Å². The lowest BCUT2D eigenvalue weighted by Crippen LogP contribution is -2.50. The highest BCUT2D eigenvalue weighted by molar-refractivity contribution is 5.59. The van der Waals surface area contributed by atoms with E-state index in [9.17, 15) is 14.5 Å². The van der Waals surface area contributed by atoms with Crippen LogP contribution in [0.2, 0.25) is 0 Å². The summed E-state index contributed by atoms with van der Waals surface area (Å²) in [5.41, 5.74) is 1.77. The molecule has 138 valence electrons. The number of alkyl halides is 1. The van der Waals surface area contributed by atoms with Gasteiger partial charge in [-0.2, -0.15) is 0 Å². The molecule has 7 heteroatoms. The van der Waals surface area contributed by atoms with Crippen LogP contribution in [0.4, 0.5) is 15.8 Å². The predicted molar refractivity (Wildman–Crippen MR) is 98.4 cm³/mol. The zero-order valence-corrected chi connectivity index (χ0v) is 14.6. The second-order valence-electron chi connectivity index (χ2n) is 6.34. The largest absolute Gasteiger partial charge is 0.490 e. The molecule has 1 fully saturated rings. The quantitative estimate of drug-likeness (QED) is 0.633. The van der Waals surface area contributed by atoms with E-state index in [0.29, 0.717) is 19.5 Å². The minimum absolute atomic E-state index is 0.0903. The Kier molecular flexibility index (Phi) is 5.68. The molecule has 26 heavy (non-hydrogen) atoms. The van der Waals surface area contributed by atoms with E-state index in [4.69, 9.17) is 4.74 Å². The fourth-order valence-electron chi connectivity index (χ4n) is 3.23. The third-order valence-corrected chi connectivity index (χ3v) is 4.68. The lowest BCUT2D eigenvalue weighted by Gasteiger charge is -2.36. The van der Waals surface area contributed by atoms with Gasteiger partial charge in [-0.3, -0.25) is 10.1 Å². The number of nitro benzene ring substituents is 1. The molecule has 1 heterocycles. The molecule has 0 bridgehead atoms. The second kappa shape index (κ2) is 8.14. The number of nitrogens with zero attached hydrogens (tertiary/aromatic N) is 2. The van der Waals surface area contributed by atoms with Gasteiger partial charge in [0.25, 0.3) is 0 Å². The van der Waals surface area contributed by atoms with Gasteiger partial charge in [0.05, 0.1) is 18.6 Å². The van der Waals surface area contributed by atoms with Gasteiger partial charge in [0.1, 0.15) is 6.17 Å². The molecule has 0 spiro atoms. The smallest absolute Gasteiger partial charge is 0.311 e. The Hall–Kier alpha value is -2.67. The van der Waals surface area contributed by atoms with Crippen LogP contribution in [0, 0.1) is 10.1 Å². The summed E-state index contributed by atoms with van der Waals surface area (Å²) in [7, 11) is 1.39. The van der Waals surface area contributed by atoms with Gasteiger partial charge in [-0.05, 0) is 18.1 Å². The third kappa shape index (κ3) is 4.11. The average molecular weight is 359 g/mol. The van der Waals surface area contributed by atoms with Crippen molar-refractivity contribution in [3.63, 3.8) is 0 Å². The minimum Gasteiger partial charge on any atom is -0.490 e. The van der Waals surface area contributed by atoms with Crippen molar-refractivity contribution < 1.29 is 14.1 Å². The van der Waals surface area contributed by atoms with E-state index in [0.717, 1.165) is 11.3 Å². The number of hydrogen-bond donors (Lipinski definition) is 1. The first-order chi connectivity index (χ1) is 12.6. The number of rotatable bonds is 6. The van der Waals surface area contributed by atoms with Gasteiger partial charge >= 0.3 is 5.69 Å². The van der Waals surface area contributed by atoms with Crippen molar-refractivity contribution in [3.8, 4) is 5.75 Å². The van der Waals surface area contributed by atoms with Gasteiger partial charge in [0.2, 0.25) is 0 Å². The molecule has 1 N–H and O–H groups in total. The highest BCUT2D eigenvalue weighted by Gasteiger charge is 2.29. The molecule has 0 aromatic heterocycles. The van der Waals surface area contributed by atoms with Crippen molar-refractivity contribution in [2.45, 2.75) is 25.2 Å². The van der Waals surface area contributed by atoms with E-state index >= 15 is 0 Å². The van der Waals surface area contributed by atoms with Gasteiger partial charge in [-0.1, -0.05) is 30.3 Å². The van der Waals surface area contributed by atoms with Crippen molar-refractivity contribution in [1.29, 1.82) is 0 Å². The number of ether oxygens (including phenoxy) is 1. The van der Waals surface area contributed by atoms with Gasteiger partial charge in [-0.15, -0.1) is 0 Å². The number of piperidine rings is 1. The molecule has 3 rings (SSSR count). The predicted octanol–water partition coefficient (Wildman–Crippen LogP) is 3.31. The van der Waals surface area contributed by atoms with E-state index in [1.54, 1.807) is 12.1 Å². The molecule has 0 unspecified atom stereocenters. The van der Waals surface area contributed by atoms with Crippen molar-refractivity contribution in [1.82, 2.24) is 5.32 Å². The topological polar surface area (TPSA) is 67.6 Å². The standard InChI is InChI=1S/C19H22FN3O3/c1-26-19-11-15(7-8-18(19)23(24)25)22-10-9-17(16(20)13-22)21-12-14-5-3-2-4-6-14/h2-8,11,16-17,21H,9-10,12-13H2,1H3/t16-,17+/m1/s1. The Bertz CT molecular complexity index is 757. The Balaban J connectivity index is 1.62. The minimum atomic E-state index is -1.02. The highest BCUT2D eigenvalue weighted by atomic mass is 19.1. The van der Waals surface area contributed by atoms with Crippen molar-refractivity contribution in [2.75, 3.05) is 25.1 Å². The van der Waals surface area contributed by atoms with E-state index in [1.807, 2.05) is 35.2 Å². The first-order valence-corrected chi connectivity index (χ1v) is 8.57. The Labute approximate surface area is 151 Å². The summed E-state index contributed by atoms with van der Waals surface area (Å²) in [4.78, 5) is 12.4. The first kappa shape index (κ1) is 18.1. The second-order valence-corrected chi connectivity index (χ2v) is 6.34. The molecular formula is C19H22FN3O3. The van der Waals surface area contributed by atoms with Crippen LogP contribution in [0.3, 0.4) is 0 Å². The van der Waals surface area contributed by atoms with Crippen LogP contribution in [0.15, 0.2) is 48.5 Å². The summed E-state index contributed by atoms with van der Waals surface area (Å²) in [5, 5.41) is 14.3. The van der Waals surface area contributed by atoms with Crippen LogP contribution in [0.25, 0.3) is 0 Å². The molecule has 6 nitrogen and oxygen atoms in total. The molecule has 1 saturated heterocycles. The summed E-state index contributed by atoms with van der Waals surface area (Å²) in [5.74, 6) is 0.187. The third-order valence-electron chi connectivity index (χ3n) is 4.68. The Morgan fingerprint density at radius 2 is 2.08 bits per heavy atom. The fraction of sp³-hybridized carbons (Fsp3) is 0.368. The van der Waals surface area contributed by atoms with Crippen molar-refractivity contribution in [3.05, 3.63) is 64.2 Å². The average Bonchev–Trinajstić information content (AvgIpc) is 2.67. The summed E-state index contributed by atoms with van der Waals surface area (Å²) >= 11 is 0.